The summed E-state index contributed by atoms with van der Waals surface area (Å²) in [6.07, 6.45) is 0. The molecule has 0 radical (unpaired) electrons. The highest BCUT2D eigenvalue weighted by Gasteiger charge is 2.43. The normalized spacial score (nSPS) is 13.9. The number of hydrogen-bond donors (Lipinski definition) is 0. The molecule has 4 nitrogen and oxygen atoms in total. The van der Waals surface area contributed by atoms with Gasteiger partial charge in [0.05, 0.1) is 11.3 Å². The number of carbonyl (C=O) groups excluding carboxylic acids is 2. The summed E-state index contributed by atoms with van der Waals surface area (Å²) >= 11 is 0. The van der Waals surface area contributed by atoms with E-state index in [4.69, 9.17) is 0 Å². The van der Waals surface area contributed by atoms with Crippen molar-refractivity contribution in [1.29, 1.82) is 0 Å². The Bertz CT molecular complexity index is 1190. The lowest BCUT2D eigenvalue weighted by Crippen LogP contribution is -2.36. The molecule has 3 aromatic carbocycles. The number of hydrogen-bond acceptors (Lipinski definition) is 3. The molecule has 3 aromatic rings. The smallest absolute Gasteiger partial charge is 0.282 e. The Kier molecular flexibility index (Phi) is 5.38. The van der Waals surface area contributed by atoms with Crippen LogP contribution in [0, 0.1) is 18.6 Å². The predicted molar refractivity (Wildman–Crippen MR) is 116 cm³/mol. The van der Waals surface area contributed by atoms with E-state index in [1.165, 1.54) is 0 Å². The molecule has 0 bridgehead atoms. The molecule has 0 aliphatic carbocycles. The second-order valence-electron chi connectivity index (χ2n) is 7.21. The Balaban J connectivity index is 1.93. The number of para-hydroxylation sites is 1. The Morgan fingerprint density at radius 2 is 1.55 bits per heavy atom. The van der Waals surface area contributed by atoms with Gasteiger partial charge in [0, 0.05) is 18.3 Å². The number of amides is 2. The van der Waals surface area contributed by atoms with Gasteiger partial charge in [-0.25, -0.2) is 13.7 Å². The SMILES string of the molecule is CCN(C1=C(c2ccc(C)cc2)C(=O)N(c2cc(F)ccc2F)C1=O)c1ccccc1. The van der Waals surface area contributed by atoms with Gasteiger partial charge in [0.15, 0.2) is 0 Å². The topological polar surface area (TPSA) is 40.6 Å². The largest absolute Gasteiger partial charge is 0.337 e. The average molecular weight is 418 g/mol. The third kappa shape index (κ3) is 3.61. The van der Waals surface area contributed by atoms with Gasteiger partial charge in [-0.3, -0.25) is 9.59 Å². The van der Waals surface area contributed by atoms with Crippen LogP contribution in [0.1, 0.15) is 18.1 Å². The van der Waals surface area contributed by atoms with Gasteiger partial charge in [-0.1, -0.05) is 48.0 Å². The van der Waals surface area contributed by atoms with E-state index in [0.717, 1.165) is 23.8 Å². The molecule has 1 heterocycles. The van der Waals surface area contributed by atoms with Crippen LogP contribution in [0.5, 0.6) is 0 Å². The Labute approximate surface area is 179 Å². The minimum Gasteiger partial charge on any atom is -0.337 e. The minimum absolute atomic E-state index is 0.131. The van der Waals surface area contributed by atoms with Crippen molar-refractivity contribution >= 4 is 28.8 Å². The summed E-state index contributed by atoms with van der Waals surface area (Å²) in [6, 6.07) is 19.0. The van der Waals surface area contributed by atoms with Gasteiger partial charge in [-0.05, 0) is 43.7 Å². The molecular weight excluding hydrogens is 398 g/mol. The molecule has 2 amide bonds. The molecule has 0 unspecified atom stereocenters. The molecule has 0 spiro atoms. The number of anilines is 2. The van der Waals surface area contributed by atoms with Crippen LogP contribution in [0.15, 0.2) is 78.5 Å². The van der Waals surface area contributed by atoms with Crippen LogP contribution < -0.4 is 9.80 Å². The van der Waals surface area contributed by atoms with E-state index in [1.807, 2.05) is 56.3 Å². The molecule has 4 rings (SSSR count). The molecule has 6 heteroatoms. The Morgan fingerprint density at radius 1 is 0.871 bits per heavy atom. The van der Waals surface area contributed by atoms with Crippen LogP contribution in [0.3, 0.4) is 0 Å². The predicted octanol–water partition coefficient (Wildman–Crippen LogP) is 5.08. The first kappa shape index (κ1) is 20.5. The number of rotatable bonds is 5. The molecule has 0 saturated heterocycles. The maximum atomic E-state index is 14.5. The van der Waals surface area contributed by atoms with Gasteiger partial charge in [-0.2, -0.15) is 0 Å². The van der Waals surface area contributed by atoms with Crippen molar-refractivity contribution in [3.8, 4) is 0 Å². The fraction of sp³-hybridized carbons (Fsp3) is 0.120. The van der Waals surface area contributed by atoms with Crippen LogP contribution >= 0.6 is 0 Å². The second kappa shape index (κ2) is 8.14. The van der Waals surface area contributed by atoms with Crippen molar-refractivity contribution in [2.24, 2.45) is 0 Å². The zero-order chi connectivity index (χ0) is 22.1. The molecule has 0 N–H and O–H groups in total. The van der Waals surface area contributed by atoms with Crippen molar-refractivity contribution in [2.75, 3.05) is 16.3 Å². The first-order valence-electron chi connectivity index (χ1n) is 9.90. The molecular formula is C25H20F2N2O2. The summed E-state index contributed by atoms with van der Waals surface area (Å²) in [7, 11) is 0. The van der Waals surface area contributed by atoms with Gasteiger partial charge in [-0.15, -0.1) is 0 Å². The van der Waals surface area contributed by atoms with Gasteiger partial charge < -0.3 is 4.90 Å². The van der Waals surface area contributed by atoms with Gasteiger partial charge in [0.2, 0.25) is 0 Å². The molecule has 1 aliphatic heterocycles. The van der Waals surface area contributed by atoms with Crippen molar-refractivity contribution in [1.82, 2.24) is 0 Å². The number of carbonyl (C=O) groups is 2. The lowest BCUT2D eigenvalue weighted by molar-refractivity contribution is -0.120. The summed E-state index contributed by atoms with van der Waals surface area (Å²) in [5, 5.41) is 0. The molecule has 0 saturated carbocycles. The number of likely N-dealkylation sites (N-methyl/N-ethyl adjacent to an activating group) is 1. The number of nitrogens with zero attached hydrogens (tertiary/aromatic N) is 2. The van der Waals surface area contributed by atoms with Gasteiger partial charge in [0.25, 0.3) is 11.8 Å². The molecule has 0 aromatic heterocycles. The van der Waals surface area contributed by atoms with E-state index in [9.17, 15) is 18.4 Å². The van der Waals surface area contributed by atoms with Crippen molar-refractivity contribution in [2.45, 2.75) is 13.8 Å². The highest BCUT2D eigenvalue weighted by atomic mass is 19.1. The second-order valence-corrected chi connectivity index (χ2v) is 7.21. The maximum Gasteiger partial charge on any atom is 0.282 e. The summed E-state index contributed by atoms with van der Waals surface area (Å²) < 4.78 is 28.4. The number of imide groups is 1. The van der Waals surface area contributed by atoms with E-state index >= 15 is 0 Å². The Hall–Kier alpha value is -3.80. The molecule has 0 atom stereocenters. The third-order valence-corrected chi connectivity index (χ3v) is 5.20. The van der Waals surface area contributed by atoms with E-state index < -0.39 is 29.1 Å². The van der Waals surface area contributed by atoms with Crippen molar-refractivity contribution in [3.05, 3.63) is 101 Å². The van der Waals surface area contributed by atoms with Crippen LogP contribution in [0.25, 0.3) is 5.57 Å². The van der Waals surface area contributed by atoms with E-state index in [1.54, 1.807) is 17.0 Å². The van der Waals surface area contributed by atoms with Crippen LogP contribution in [-0.4, -0.2) is 18.4 Å². The van der Waals surface area contributed by atoms with Crippen molar-refractivity contribution < 1.29 is 18.4 Å². The van der Waals surface area contributed by atoms with E-state index in [2.05, 4.69) is 0 Å². The van der Waals surface area contributed by atoms with E-state index in [0.29, 0.717) is 22.7 Å². The molecule has 31 heavy (non-hydrogen) atoms. The fourth-order valence-electron chi connectivity index (χ4n) is 3.70. The molecule has 156 valence electrons. The number of aryl methyl sites for hydroxylation is 1. The first-order valence-corrected chi connectivity index (χ1v) is 9.90. The zero-order valence-electron chi connectivity index (χ0n) is 17.1. The average Bonchev–Trinajstić information content (AvgIpc) is 3.02. The van der Waals surface area contributed by atoms with E-state index in [-0.39, 0.29) is 11.3 Å². The Morgan fingerprint density at radius 3 is 2.19 bits per heavy atom. The van der Waals surface area contributed by atoms with Crippen LogP contribution in [0.4, 0.5) is 20.2 Å². The van der Waals surface area contributed by atoms with Crippen LogP contribution in [0.2, 0.25) is 0 Å². The summed E-state index contributed by atoms with van der Waals surface area (Å²) in [6.45, 7) is 4.17. The lowest BCUT2D eigenvalue weighted by Gasteiger charge is -2.25. The lowest BCUT2D eigenvalue weighted by atomic mass is 10.0. The van der Waals surface area contributed by atoms with Gasteiger partial charge >= 0.3 is 0 Å². The number of halogens is 2. The van der Waals surface area contributed by atoms with Crippen LogP contribution in [-0.2, 0) is 9.59 Å². The summed E-state index contributed by atoms with van der Waals surface area (Å²) in [4.78, 5) is 29.4. The fourth-order valence-corrected chi connectivity index (χ4v) is 3.70. The molecule has 1 aliphatic rings. The third-order valence-electron chi connectivity index (χ3n) is 5.20. The monoisotopic (exact) mass is 418 g/mol. The van der Waals surface area contributed by atoms with Crippen molar-refractivity contribution in [3.63, 3.8) is 0 Å². The highest BCUT2D eigenvalue weighted by molar-refractivity contribution is 6.46. The molecule has 0 fully saturated rings. The highest BCUT2D eigenvalue weighted by Crippen LogP contribution is 2.37. The standard InChI is InChI=1S/C25H20F2N2O2/c1-3-28(19-7-5-4-6-8-19)23-22(17-11-9-16(2)10-12-17)24(30)29(25(23)31)21-15-18(26)13-14-20(21)27/h4-15H,3H2,1-2H3. The zero-order valence-corrected chi connectivity index (χ0v) is 17.1. The summed E-state index contributed by atoms with van der Waals surface area (Å²) in [5.41, 5.74) is 2.12. The first-order chi connectivity index (χ1) is 14.9. The minimum atomic E-state index is -0.852. The number of benzene rings is 3. The maximum absolute atomic E-state index is 14.5. The van der Waals surface area contributed by atoms with Gasteiger partial charge in [0.1, 0.15) is 17.3 Å². The summed E-state index contributed by atoms with van der Waals surface area (Å²) in [5.74, 6) is -2.98. The quantitative estimate of drug-likeness (QED) is 0.543.